The lowest BCUT2D eigenvalue weighted by Crippen LogP contribution is -2.47. The van der Waals surface area contributed by atoms with E-state index in [4.69, 9.17) is 4.42 Å². The fourth-order valence-corrected chi connectivity index (χ4v) is 3.72. The summed E-state index contributed by atoms with van der Waals surface area (Å²) in [6.07, 6.45) is -1.68. The van der Waals surface area contributed by atoms with Crippen LogP contribution in [0.2, 0.25) is 0 Å². The average Bonchev–Trinajstić information content (AvgIpc) is 3.34. The van der Waals surface area contributed by atoms with Crippen LogP contribution in [0.1, 0.15) is 37.5 Å². The van der Waals surface area contributed by atoms with E-state index in [2.05, 4.69) is 5.32 Å². The molecule has 0 saturated carbocycles. The lowest BCUT2D eigenvalue weighted by molar-refractivity contribution is -0.163. The van der Waals surface area contributed by atoms with Gasteiger partial charge in [0.2, 0.25) is 5.91 Å². The molecule has 1 atom stereocenters. The molecule has 1 saturated heterocycles. The van der Waals surface area contributed by atoms with Crippen LogP contribution in [0, 0.1) is 0 Å². The minimum Gasteiger partial charge on any atom is -0.467 e. The molecule has 1 N–H and O–H groups in total. The normalized spacial score (nSPS) is 18.7. The number of imide groups is 1. The summed E-state index contributed by atoms with van der Waals surface area (Å²) < 4.78 is 44.2. The van der Waals surface area contributed by atoms with E-state index < -0.39 is 49.2 Å². The van der Waals surface area contributed by atoms with E-state index in [1.807, 2.05) is 6.92 Å². The molecule has 0 bridgehead atoms. The van der Waals surface area contributed by atoms with Gasteiger partial charge in [0.05, 0.1) is 12.8 Å². The highest BCUT2D eigenvalue weighted by Gasteiger charge is 2.52. The second kappa shape index (κ2) is 9.46. The second-order valence-corrected chi connectivity index (χ2v) is 7.64. The monoisotopic (exact) mass is 451 g/mol. The summed E-state index contributed by atoms with van der Waals surface area (Å²) in [6, 6.07) is 10.7. The van der Waals surface area contributed by atoms with Crippen LogP contribution in [-0.2, 0) is 21.7 Å². The second-order valence-electron chi connectivity index (χ2n) is 7.64. The first-order valence-corrected chi connectivity index (χ1v) is 10.2. The molecule has 0 spiro atoms. The smallest absolute Gasteiger partial charge is 0.406 e. The van der Waals surface area contributed by atoms with Crippen LogP contribution in [0.25, 0.3) is 0 Å². The van der Waals surface area contributed by atoms with E-state index in [9.17, 15) is 27.6 Å². The van der Waals surface area contributed by atoms with Crippen LogP contribution in [0.3, 0.4) is 0 Å². The van der Waals surface area contributed by atoms with Crippen molar-refractivity contribution in [3.8, 4) is 0 Å². The number of alkyl halides is 3. The number of urea groups is 1. The minimum atomic E-state index is -4.66. The summed E-state index contributed by atoms with van der Waals surface area (Å²) >= 11 is 0. The van der Waals surface area contributed by atoms with Gasteiger partial charge in [0.25, 0.3) is 5.91 Å². The third kappa shape index (κ3) is 5.12. The zero-order valence-electron chi connectivity index (χ0n) is 17.5. The number of carbonyl (C=O) groups excluding carboxylic acids is 3. The zero-order chi connectivity index (χ0) is 23.4. The summed E-state index contributed by atoms with van der Waals surface area (Å²) in [7, 11) is 0. The Balaban J connectivity index is 1.84. The lowest BCUT2D eigenvalue weighted by Gasteiger charge is -2.28. The van der Waals surface area contributed by atoms with Gasteiger partial charge in [0, 0.05) is 0 Å². The molecule has 4 amide bonds. The minimum absolute atomic E-state index is 0.154. The van der Waals surface area contributed by atoms with Gasteiger partial charge in [-0.05, 0) is 24.1 Å². The fourth-order valence-electron chi connectivity index (χ4n) is 3.72. The maximum Gasteiger partial charge on any atom is 0.406 e. The van der Waals surface area contributed by atoms with Gasteiger partial charge >= 0.3 is 12.2 Å². The number of amides is 4. The first-order chi connectivity index (χ1) is 15.2. The molecule has 3 rings (SSSR count). The van der Waals surface area contributed by atoms with Crippen LogP contribution in [0.4, 0.5) is 18.0 Å². The Bertz CT molecular complexity index is 947. The highest BCUT2D eigenvalue weighted by atomic mass is 19.4. The topological polar surface area (TPSA) is 82.9 Å². The largest absolute Gasteiger partial charge is 0.467 e. The number of halogens is 3. The highest BCUT2D eigenvalue weighted by molar-refractivity contribution is 6.09. The number of rotatable bonds is 9. The van der Waals surface area contributed by atoms with Gasteiger partial charge in [-0.1, -0.05) is 50.1 Å². The van der Waals surface area contributed by atoms with Crippen LogP contribution in [-0.4, -0.2) is 46.9 Å². The number of unbranched alkanes of at least 4 members (excludes halogenated alkanes) is 1. The Morgan fingerprint density at radius 1 is 1.16 bits per heavy atom. The summed E-state index contributed by atoms with van der Waals surface area (Å²) in [5.74, 6) is -1.51. The lowest BCUT2D eigenvalue weighted by atomic mass is 9.85. The van der Waals surface area contributed by atoms with Gasteiger partial charge < -0.3 is 14.6 Å². The maximum atomic E-state index is 13.3. The molecule has 1 aromatic heterocycles. The van der Waals surface area contributed by atoms with Crippen molar-refractivity contribution in [3.63, 3.8) is 0 Å². The number of furan rings is 1. The first kappa shape index (κ1) is 23.4. The quantitative estimate of drug-likeness (QED) is 0.588. The number of nitrogens with one attached hydrogen (secondary N) is 1. The number of carbonyl (C=O) groups is 3. The van der Waals surface area contributed by atoms with Gasteiger partial charge in [-0.2, -0.15) is 13.2 Å². The van der Waals surface area contributed by atoms with Gasteiger partial charge in [-0.3, -0.25) is 14.5 Å². The van der Waals surface area contributed by atoms with Crippen LogP contribution < -0.4 is 5.32 Å². The molecular formula is C22H24F3N3O4. The van der Waals surface area contributed by atoms with E-state index >= 15 is 0 Å². The molecule has 7 nitrogen and oxygen atoms in total. The summed E-state index contributed by atoms with van der Waals surface area (Å²) in [4.78, 5) is 40.0. The number of hydrogen-bond acceptors (Lipinski definition) is 4. The highest BCUT2D eigenvalue weighted by Crippen LogP contribution is 2.34. The first-order valence-electron chi connectivity index (χ1n) is 10.2. The van der Waals surface area contributed by atoms with Crippen molar-refractivity contribution in [2.45, 2.75) is 44.4 Å². The molecule has 1 aliphatic rings. The molecule has 1 unspecified atom stereocenters. The van der Waals surface area contributed by atoms with Crippen molar-refractivity contribution in [1.29, 1.82) is 0 Å². The Morgan fingerprint density at radius 3 is 2.47 bits per heavy atom. The summed E-state index contributed by atoms with van der Waals surface area (Å²) in [6.45, 7) is -0.836. The molecule has 1 aliphatic heterocycles. The molecule has 1 fully saturated rings. The van der Waals surface area contributed by atoms with Crippen LogP contribution >= 0.6 is 0 Å². The summed E-state index contributed by atoms with van der Waals surface area (Å²) in [5.41, 5.74) is -0.797. The van der Waals surface area contributed by atoms with Gasteiger partial charge in [-0.25, -0.2) is 4.79 Å². The standard InChI is InChI=1S/C22H24F3N3O4/c1-2-3-11-21(16-8-5-4-6-9-16)19(30)28(20(31)26-21)14-18(29)27(15-22(23,24)25)13-17-10-7-12-32-17/h4-10,12H,2-3,11,13-15H2,1H3,(H,26,31). The molecular weight excluding hydrogens is 427 g/mol. The van der Waals surface area contributed by atoms with Crippen LogP contribution in [0.5, 0.6) is 0 Å². The SMILES string of the molecule is CCCCC1(c2ccccc2)NC(=O)N(CC(=O)N(Cc2ccco2)CC(F)(F)F)C1=O. The molecule has 10 heteroatoms. The predicted octanol–water partition coefficient (Wildman–Crippen LogP) is 3.81. The Kier molecular flexibility index (Phi) is 6.90. The fraction of sp³-hybridized carbons (Fsp3) is 0.409. The van der Waals surface area contributed by atoms with E-state index in [0.29, 0.717) is 28.2 Å². The third-order valence-corrected chi connectivity index (χ3v) is 5.29. The average molecular weight is 451 g/mol. The predicted molar refractivity (Wildman–Crippen MR) is 108 cm³/mol. The maximum absolute atomic E-state index is 13.3. The Labute approximate surface area is 183 Å². The van der Waals surface area contributed by atoms with Gasteiger partial charge in [-0.15, -0.1) is 0 Å². The third-order valence-electron chi connectivity index (χ3n) is 5.29. The van der Waals surface area contributed by atoms with Crippen molar-refractivity contribution in [2.75, 3.05) is 13.1 Å². The van der Waals surface area contributed by atoms with Gasteiger partial charge in [0.15, 0.2) is 0 Å². The number of nitrogens with zero attached hydrogens (tertiary/aromatic N) is 2. The number of hydrogen-bond donors (Lipinski definition) is 1. The molecule has 2 heterocycles. The molecule has 0 radical (unpaired) electrons. The molecule has 0 aliphatic carbocycles. The van der Waals surface area contributed by atoms with Crippen molar-refractivity contribution in [3.05, 3.63) is 60.1 Å². The van der Waals surface area contributed by atoms with Crippen molar-refractivity contribution in [2.24, 2.45) is 0 Å². The van der Waals surface area contributed by atoms with Gasteiger partial charge in [0.1, 0.15) is 24.4 Å². The van der Waals surface area contributed by atoms with Crippen LogP contribution in [0.15, 0.2) is 53.1 Å². The zero-order valence-corrected chi connectivity index (χ0v) is 17.5. The number of benzene rings is 1. The van der Waals surface area contributed by atoms with Crippen molar-refractivity contribution in [1.82, 2.24) is 15.1 Å². The Hall–Kier alpha value is -3.30. The van der Waals surface area contributed by atoms with E-state index in [-0.39, 0.29) is 5.76 Å². The van der Waals surface area contributed by atoms with E-state index in [1.54, 1.807) is 30.3 Å². The van der Waals surface area contributed by atoms with E-state index in [0.717, 1.165) is 6.42 Å². The van der Waals surface area contributed by atoms with Crippen molar-refractivity contribution < 1.29 is 32.0 Å². The molecule has 1 aromatic carbocycles. The molecule has 2 aromatic rings. The Morgan fingerprint density at radius 2 is 1.88 bits per heavy atom. The summed E-state index contributed by atoms with van der Waals surface area (Å²) in [5, 5.41) is 2.68. The molecule has 172 valence electrons. The van der Waals surface area contributed by atoms with E-state index in [1.165, 1.54) is 18.4 Å². The van der Waals surface area contributed by atoms with Crippen molar-refractivity contribution >= 4 is 17.8 Å². The molecule has 32 heavy (non-hydrogen) atoms.